The summed E-state index contributed by atoms with van der Waals surface area (Å²) in [5.74, 6) is -0.940. The van der Waals surface area contributed by atoms with Crippen LogP contribution < -0.4 is 20.1 Å². The number of aromatic nitrogens is 2. The maximum atomic E-state index is 13.7. The molecule has 0 spiro atoms. The van der Waals surface area contributed by atoms with E-state index in [9.17, 15) is 19.2 Å². The summed E-state index contributed by atoms with van der Waals surface area (Å²) in [7, 11) is 1.22. The van der Waals surface area contributed by atoms with Crippen molar-refractivity contribution in [1.82, 2.24) is 20.2 Å². The first-order valence-corrected chi connectivity index (χ1v) is 13.0. The second-order valence-electron chi connectivity index (χ2n) is 8.89. The van der Waals surface area contributed by atoms with Gasteiger partial charge in [0.05, 0.1) is 7.11 Å². The lowest BCUT2D eigenvalue weighted by Gasteiger charge is -2.24. The van der Waals surface area contributed by atoms with Crippen LogP contribution in [-0.2, 0) is 20.7 Å². The molecule has 2 aromatic carbocycles. The molecule has 1 saturated heterocycles. The highest BCUT2D eigenvalue weighted by molar-refractivity contribution is 7.14. The van der Waals surface area contributed by atoms with Crippen molar-refractivity contribution in [3.05, 3.63) is 65.0 Å². The predicted octanol–water partition coefficient (Wildman–Crippen LogP) is 2.69. The first-order valence-electron chi connectivity index (χ1n) is 12.1. The number of benzene rings is 2. The Labute approximate surface area is 230 Å². The Bertz CT molecular complexity index is 1650. The van der Waals surface area contributed by atoms with E-state index in [1.807, 2.05) is 0 Å². The maximum Gasteiger partial charge on any atom is 0.357 e. The molecule has 2 aliphatic heterocycles. The molecule has 4 aromatic rings. The molecule has 0 radical (unpaired) electrons. The Morgan fingerprint density at radius 2 is 2.00 bits per heavy atom. The molecule has 204 valence electrons. The number of fused-ring (bicyclic) bond motifs is 2. The Morgan fingerprint density at radius 1 is 1.18 bits per heavy atom. The smallest absolute Gasteiger partial charge is 0.357 e. The fourth-order valence-corrected chi connectivity index (χ4v) is 5.21. The minimum absolute atomic E-state index is 0.0170. The van der Waals surface area contributed by atoms with Gasteiger partial charge in [-0.05, 0) is 35.4 Å². The molecular weight excluding hydrogens is 542 g/mol. The Hall–Kier alpha value is -4.98. The van der Waals surface area contributed by atoms with Gasteiger partial charge < -0.3 is 29.3 Å². The van der Waals surface area contributed by atoms with E-state index < -0.39 is 35.9 Å². The minimum atomic E-state index is -1.26. The molecule has 2 aromatic heterocycles. The summed E-state index contributed by atoms with van der Waals surface area (Å²) < 4.78 is 21.1. The molecule has 4 amide bonds. The van der Waals surface area contributed by atoms with E-state index in [1.165, 1.54) is 18.9 Å². The number of amides is 4. The van der Waals surface area contributed by atoms with Crippen molar-refractivity contribution in [3.63, 3.8) is 0 Å². The molecule has 0 bridgehead atoms. The zero-order valence-corrected chi connectivity index (χ0v) is 21.7. The lowest BCUT2D eigenvalue weighted by Crippen LogP contribution is -2.49. The Balaban J connectivity index is 1.30. The third-order valence-electron chi connectivity index (χ3n) is 6.44. The number of nitrogens with one attached hydrogen (secondary N) is 2. The highest BCUT2D eigenvalue weighted by atomic mass is 32.1. The van der Waals surface area contributed by atoms with Crippen LogP contribution in [0.3, 0.4) is 0 Å². The molecule has 40 heavy (non-hydrogen) atoms. The Kier molecular flexibility index (Phi) is 6.51. The molecule has 1 fully saturated rings. The molecule has 0 aliphatic carbocycles. The number of methoxy groups -OCH3 is 1. The number of rotatable bonds is 7. The summed E-state index contributed by atoms with van der Waals surface area (Å²) in [4.78, 5) is 61.4. The van der Waals surface area contributed by atoms with Crippen molar-refractivity contribution in [2.24, 2.45) is 0 Å². The molecule has 2 aliphatic rings. The first kappa shape index (κ1) is 25.3. The van der Waals surface area contributed by atoms with Crippen LogP contribution in [0.1, 0.15) is 27.7 Å². The SMILES string of the molecule is COC(=O)c1csc(NC(=O)C(Cc2ccc3ocnc3c2)N2C(=O)NC(c3ccc4c(c3)OCCO4)C2=O)n1. The fraction of sp³-hybridized carbons (Fsp3) is 0.231. The second-order valence-corrected chi connectivity index (χ2v) is 9.75. The molecule has 2 N–H and O–H groups in total. The highest BCUT2D eigenvalue weighted by Crippen LogP contribution is 2.35. The average molecular weight is 564 g/mol. The van der Waals surface area contributed by atoms with Crippen LogP contribution in [0.25, 0.3) is 11.1 Å². The number of carbonyl (C=O) groups is 4. The zero-order chi connectivity index (χ0) is 27.8. The normalized spacial score (nSPS) is 17.0. The lowest BCUT2D eigenvalue weighted by molar-refractivity contribution is -0.134. The number of oxazole rings is 1. The molecular formula is C26H21N5O8S. The second kappa shape index (κ2) is 10.3. The van der Waals surface area contributed by atoms with Crippen molar-refractivity contribution >= 4 is 51.4 Å². The quantitative estimate of drug-likeness (QED) is 0.253. The maximum absolute atomic E-state index is 13.7. The largest absolute Gasteiger partial charge is 0.486 e. The summed E-state index contributed by atoms with van der Waals surface area (Å²) in [6, 6.07) is 7.08. The molecule has 0 saturated carbocycles. The van der Waals surface area contributed by atoms with Crippen LogP contribution >= 0.6 is 11.3 Å². The van der Waals surface area contributed by atoms with Crippen molar-refractivity contribution in [3.8, 4) is 11.5 Å². The molecule has 6 rings (SSSR count). The van der Waals surface area contributed by atoms with E-state index >= 15 is 0 Å². The van der Waals surface area contributed by atoms with Gasteiger partial charge in [0, 0.05) is 11.8 Å². The lowest BCUT2D eigenvalue weighted by atomic mass is 10.0. The Morgan fingerprint density at radius 3 is 2.83 bits per heavy atom. The molecule has 13 nitrogen and oxygen atoms in total. The van der Waals surface area contributed by atoms with Gasteiger partial charge in [-0.3, -0.25) is 9.59 Å². The topological polar surface area (TPSA) is 162 Å². The van der Waals surface area contributed by atoms with E-state index in [0.29, 0.717) is 46.9 Å². The van der Waals surface area contributed by atoms with Gasteiger partial charge in [-0.15, -0.1) is 11.3 Å². The summed E-state index contributed by atoms with van der Waals surface area (Å²) >= 11 is 1.01. The third-order valence-corrected chi connectivity index (χ3v) is 7.20. The number of esters is 1. The van der Waals surface area contributed by atoms with Crippen LogP contribution in [0.5, 0.6) is 11.5 Å². The average Bonchev–Trinajstić information content (AvgIpc) is 3.70. The zero-order valence-electron chi connectivity index (χ0n) is 20.9. The number of anilines is 1. The number of urea groups is 1. The van der Waals surface area contributed by atoms with Gasteiger partial charge in [-0.25, -0.2) is 24.5 Å². The van der Waals surface area contributed by atoms with Gasteiger partial charge >= 0.3 is 12.0 Å². The molecule has 2 atom stereocenters. The van der Waals surface area contributed by atoms with Crippen LogP contribution in [0, 0.1) is 0 Å². The summed E-state index contributed by atoms with van der Waals surface area (Å²) in [6.45, 7) is 0.774. The van der Waals surface area contributed by atoms with Gasteiger partial charge in [-0.2, -0.15) is 0 Å². The molecule has 2 unspecified atom stereocenters. The summed E-state index contributed by atoms with van der Waals surface area (Å²) in [5.41, 5.74) is 2.25. The van der Waals surface area contributed by atoms with Crippen LogP contribution in [0.4, 0.5) is 9.93 Å². The van der Waals surface area contributed by atoms with Gasteiger partial charge in [0.2, 0.25) is 5.91 Å². The van der Waals surface area contributed by atoms with Crippen molar-refractivity contribution in [2.75, 3.05) is 25.6 Å². The third kappa shape index (κ3) is 4.68. The van der Waals surface area contributed by atoms with Crippen molar-refractivity contribution in [2.45, 2.75) is 18.5 Å². The molecule has 14 heteroatoms. The monoisotopic (exact) mass is 563 g/mol. The van der Waals surface area contributed by atoms with Gasteiger partial charge in [-0.1, -0.05) is 12.1 Å². The number of thiazole rings is 1. The number of nitrogens with zero attached hydrogens (tertiary/aromatic N) is 3. The predicted molar refractivity (Wildman–Crippen MR) is 139 cm³/mol. The van der Waals surface area contributed by atoms with Crippen LogP contribution in [0.15, 0.2) is 52.6 Å². The summed E-state index contributed by atoms with van der Waals surface area (Å²) in [5, 5.41) is 6.84. The number of ether oxygens (including phenoxy) is 3. The van der Waals surface area contributed by atoms with Crippen LogP contribution in [0.2, 0.25) is 0 Å². The van der Waals surface area contributed by atoms with E-state index in [4.69, 9.17) is 13.9 Å². The van der Waals surface area contributed by atoms with E-state index in [0.717, 1.165) is 16.2 Å². The van der Waals surface area contributed by atoms with Crippen LogP contribution in [-0.4, -0.2) is 65.0 Å². The number of carbonyl (C=O) groups excluding carboxylic acids is 4. The van der Waals surface area contributed by atoms with E-state index in [2.05, 4.69) is 25.3 Å². The molecule has 4 heterocycles. The number of hydrogen-bond acceptors (Lipinski definition) is 11. The van der Waals surface area contributed by atoms with E-state index in [-0.39, 0.29) is 17.2 Å². The van der Waals surface area contributed by atoms with Gasteiger partial charge in [0.15, 0.2) is 34.3 Å². The van der Waals surface area contributed by atoms with Crippen molar-refractivity contribution < 1.29 is 37.8 Å². The standard InChI is InChI=1S/C26H21N5O8S/c1-36-24(34)16-11-40-25(28-16)30-22(32)17(9-13-2-4-18-15(8-13)27-12-39-18)31-23(33)21(29-26(31)35)14-3-5-19-20(10-14)38-7-6-37-19/h2-5,8,10-12,17,21H,6-7,9H2,1H3,(H,29,35)(H,28,30,32). The summed E-state index contributed by atoms with van der Waals surface area (Å²) in [6.07, 6.45) is 1.28. The highest BCUT2D eigenvalue weighted by Gasteiger charge is 2.45. The number of hydrogen-bond donors (Lipinski definition) is 2. The van der Waals surface area contributed by atoms with Gasteiger partial charge in [0.1, 0.15) is 30.8 Å². The van der Waals surface area contributed by atoms with Crippen molar-refractivity contribution in [1.29, 1.82) is 0 Å². The van der Waals surface area contributed by atoms with E-state index in [1.54, 1.807) is 36.4 Å². The first-order chi connectivity index (χ1) is 19.4. The fourth-order valence-electron chi connectivity index (χ4n) is 4.53. The number of imide groups is 1. The van der Waals surface area contributed by atoms with Gasteiger partial charge in [0.25, 0.3) is 5.91 Å². The minimum Gasteiger partial charge on any atom is -0.486 e.